The lowest BCUT2D eigenvalue weighted by Gasteiger charge is -2.47. The molecular formula is C23H30N2O2. The number of carbonyl (C=O) groups is 1. The van der Waals surface area contributed by atoms with Crippen molar-refractivity contribution in [1.29, 1.82) is 0 Å². The molecule has 0 radical (unpaired) electrons. The van der Waals surface area contributed by atoms with Gasteiger partial charge in [0.25, 0.3) is 0 Å². The predicted octanol–water partition coefficient (Wildman–Crippen LogP) is 3.35. The minimum absolute atomic E-state index is 0.0639. The van der Waals surface area contributed by atoms with E-state index in [1.165, 1.54) is 21.9 Å². The minimum atomic E-state index is 0.0639. The molecule has 4 nitrogen and oxygen atoms in total. The number of benzene rings is 2. The highest BCUT2D eigenvalue weighted by atomic mass is 16.3. The van der Waals surface area contributed by atoms with Crippen LogP contribution in [0.4, 0.5) is 0 Å². The molecule has 2 heterocycles. The third kappa shape index (κ3) is 3.74. The Morgan fingerprint density at radius 3 is 2.56 bits per heavy atom. The van der Waals surface area contributed by atoms with Crippen LogP contribution in [0.1, 0.15) is 36.8 Å². The number of fused-ring (bicyclic) bond motifs is 1. The van der Waals surface area contributed by atoms with Crippen LogP contribution in [0.2, 0.25) is 0 Å². The standard InChI is InChI=1S/C23H30N2O2/c1-18-4-2-7-21-19(5-3-6-20(18)21)16-24-12-10-23(11-13-24)9-8-22(27)25(17-23)14-15-26/h2-7,26H,8-17H2,1H3. The zero-order chi connectivity index (χ0) is 18.9. The van der Waals surface area contributed by atoms with Gasteiger partial charge in [0.05, 0.1) is 6.61 Å². The molecule has 0 bridgehead atoms. The van der Waals surface area contributed by atoms with E-state index in [2.05, 4.69) is 48.2 Å². The number of aliphatic hydroxyl groups is 1. The van der Waals surface area contributed by atoms with Crippen molar-refractivity contribution in [3.05, 3.63) is 47.5 Å². The number of hydrogen-bond acceptors (Lipinski definition) is 3. The molecule has 27 heavy (non-hydrogen) atoms. The summed E-state index contributed by atoms with van der Waals surface area (Å²) in [5, 5.41) is 12.0. The summed E-state index contributed by atoms with van der Waals surface area (Å²) in [7, 11) is 0. The summed E-state index contributed by atoms with van der Waals surface area (Å²) in [6, 6.07) is 13.2. The molecule has 0 saturated carbocycles. The molecule has 1 spiro atoms. The molecule has 1 N–H and O–H groups in total. The molecule has 0 aliphatic carbocycles. The largest absolute Gasteiger partial charge is 0.395 e. The van der Waals surface area contributed by atoms with Crippen molar-refractivity contribution in [2.75, 3.05) is 32.8 Å². The minimum Gasteiger partial charge on any atom is -0.395 e. The highest BCUT2D eigenvalue weighted by Gasteiger charge is 2.40. The van der Waals surface area contributed by atoms with Crippen LogP contribution in [0, 0.1) is 12.3 Å². The molecule has 0 aromatic heterocycles. The van der Waals surface area contributed by atoms with Gasteiger partial charge in [0.1, 0.15) is 0 Å². The summed E-state index contributed by atoms with van der Waals surface area (Å²) in [4.78, 5) is 16.5. The Kier molecular flexibility index (Phi) is 5.20. The van der Waals surface area contributed by atoms with Gasteiger partial charge in [-0.15, -0.1) is 0 Å². The average molecular weight is 367 g/mol. The quantitative estimate of drug-likeness (QED) is 0.902. The summed E-state index contributed by atoms with van der Waals surface area (Å²) >= 11 is 0. The smallest absolute Gasteiger partial charge is 0.222 e. The van der Waals surface area contributed by atoms with Gasteiger partial charge in [0, 0.05) is 26.1 Å². The van der Waals surface area contributed by atoms with E-state index in [1.54, 1.807) is 0 Å². The molecule has 2 aromatic rings. The van der Waals surface area contributed by atoms with E-state index in [4.69, 9.17) is 0 Å². The highest BCUT2D eigenvalue weighted by Crippen LogP contribution is 2.40. The van der Waals surface area contributed by atoms with E-state index in [9.17, 15) is 9.90 Å². The fraction of sp³-hybridized carbons (Fsp3) is 0.522. The molecule has 2 aromatic carbocycles. The Bertz CT molecular complexity index is 824. The van der Waals surface area contributed by atoms with Gasteiger partial charge in [-0.1, -0.05) is 36.4 Å². The average Bonchev–Trinajstić information content (AvgIpc) is 2.68. The fourth-order valence-electron chi connectivity index (χ4n) is 4.93. The molecule has 1 amide bonds. The maximum atomic E-state index is 12.1. The van der Waals surface area contributed by atoms with Crippen LogP contribution in [0.15, 0.2) is 36.4 Å². The first-order valence-electron chi connectivity index (χ1n) is 10.2. The predicted molar refractivity (Wildman–Crippen MR) is 109 cm³/mol. The van der Waals surface area contributed by atoms with E-state index in [0.29, 0.717) is 13.0 Å². The van der Waals surface area contributed by atoms with Gasteiger partial charge in [-0.25, -0.2) is 0 Å². The SMILES string of the molecule is Cc1cccc2c(CN3CCC4(CCC(=O)N(CCO)C4)CC3)cccc12. The molecule has 144 valence electrons. The van der Waals surface area contributed by atoms with Crippen molar-refractivity contribution >= 4 is 16.7 Å². The summed E-state index contributed by atoms with van der Waals surface area (Å²) in [5.41, 5.74) is 3.00. The summed E-state index contributed by atoms with van der Waals surface area (Å²) in [6.07, 6.45) is 3.94. The first-order chi connectivity index (χ1) is 13.1. The molecule has 2 saturated heterocycles. The summed E-state index contributed by atoms with van der Waals surface area (Å²) in [6.45, 7) is 6.73. The second kappa shape index (κ2) is 7.61. The van der Waals surface area contributed by atoms with E-state index in [0.717, 1.165) is 45.4 Å². The maximum Gasteiger partial charge on any atom is 0.222 e. The number of nitrogens with zero attached hydrogens (tertiary/aromatic N) is 2. The molecule has 2 aliphatic heterocycles. The van der Waals surface area contributed by atoms with Crippen LogP contribution in [-0.2, 0) is 11.3 Å². The first-order valence-corrected chi connectivity index (χ1v) is 10.2. The third-order valence-electron chi connectivity index (χ3n) is 6.66. The highest BCUT2D eigenvalue weighted by molar-refractivity contribution is 5.88. The number of hydrogen-bond donors (Lipinski definition) is 1. The molecule has 0 atom stereocenters. The topological polar surface area (TPSA) is 43.8 Å². The fourth-order valence-corrected chi connectivity index (χ4v) is 4.93. The lowest BCUT2D eigenvalue weighted by atomic mass is 9.72. The zero-order valence-corrected chi connectivity index (χ0v) is 16.3. The Hall–Kier alpha value is -1.91. The molecule has 2 aliphatic rings. The lowest BCUT2D eigenvalue weighted by Crippen LogP contribution is -2.51. The normalized spacial score (nSPS) is 20.5. The van der Waals surface area contributed by atoms with Crippen molar-refractivity contribution in [3.63, 3.8) is 0 Å². The molecule has 2 fully saturated rings. The number of amides is 1. The van der Waals surface area contributed by atoms with Crippen LogP contribution in [0.25, 0.3) is 10.8 Å². The van der Waals surface area contributed by atoms with Gasteiger partial charge in [-0.3, -0.25) is 9.69 Å². The van der Waals surface area contributed by atoms with Crippen molar-refractivity contribution in [2.24, 2.45) is 5.41 Å². The number of rotatable bonds is 4. The van der Waals surface area contributed by atoms with Crippen molar-refractivity contribution in [2.45, 2.75) is 39.2 Å². The number of aliphatic hydroxyl groups excluding tert-OH is 1. The van der Waals surface area contributed by atoms with Gasteiger partial charge in [-0.05, 0) is 66.6 Å². The number of β-amino-alcohol motifs (C(OH)–C–C–N with tert-alkyl or cyclic N) is 1. The third-order valence-corrected chi connectivity index (χ3v) is 6.66. The van der Waals surface area contributed by atoms with Crippen LogP contribution < -0.4 is 0 Å². The molecule has 4 heteroatoms. The number of carbonyl (C=O) groups excluding carboxylic acids is 1. The second-order valence-corrected chi connectivity index (χ2v) is 8.40. The van der Waals surface area contributed by atoms with Gasteiger partial charge < -0.3 is 10.0 Å². The van der Waals surface area contributed by atoms with Gasteiger partial charge >= 0.3 is 0 Å². The number of likely N-dealkylation sites (tertiary alicyclic amines) is 2. The van der Waals surface area contributed by atoms with Crippen LogP contribution in [-0.4, -0.2) is 53.6 Å². The van der Waals surface area contributed by atoms with Crippen molar-refractivity contribution in [3.8, 4) is 0 Å². The van der Waals surface area contributed by atoms with Crippen molar-refractivity contribution < 1.29 is 9.90 Å². The zero-order valence-electron chi connectivity index (χ0n) is 16.3. The molecular weight excluding hydrogens is 336 g/mol. The van der Waals surface area contributed by atoms with Gasteiger partial charge in [-0.2, -0.15) is 0 Å². The van der Waals surface area contributed by atoms with Crippen LogP contribution >= 0.6 is 0 Å². The number of piperidine rings is 2. The second-order valence-electron chi connectivity index (χ2n) is 8.40. The maximum absolute atomic E-state index is 12.1. The first kappa shape index (κ1) is 18.5. The summed E-state index contributed by atoms with van der Waals surface area (Å²) in [5.74, 6) is 0.211. The van der Waals surface area contributed by atoms with E-state index in [-0.39, 0.29) is 17.9 Å². The Balaban J connectivity index is 1.43. The Morgan fingerprint density at radius 2 is 1.78 bits per heavy atom. The van der Waals surface area contributed by atoms with E-state index in [1.807, 2.05) is 4.90 Å². The Morgan fingerprint density at radius 1 is 1.04 bits per heavy atom. The van der Waals surface area contributed by atoms with Gasteiger partial charge in [0.2, 0.25) is 5.91 Å². The summed E-state index contributed by atoms with van der Waals surface area (Å²) < 4.78 is 0. The molecule has 0 unspecified atom stereocenters. The molecule has 4 rings (SSSR count). The monoisotopic (exact) mass is 366 g/mol. The van der Waals surface area contributed by atoms with E-state index >= 15 is 0 Å². The van der Waals surface area contributed by atoms with Gasteiger partial charge in [0.15, 0.2) is 0 Å². The lowest BCUT2D eigenvalue weighted by molar-refractivity contribution is -0.139. The van der Waals surface area contributed by atoms with Crippen LogP contribution in [0.5, 0.6) is 0 Å². The van der Waals surface area contributed by atoms with Crippen LogP contribution in [0.3, 0.4) is 0 Å². The number of aryl methyl sites for hydroxylation is 1. The van der Waals surface area contributed by atoms with Crippen molar-refractivity contribution in [1.82, 2.24) is 9.80 Å². The van der Waals surface area contributed by atoms with E-state index < -0.39 is 0 Å². The Labute approximate surface area is 161 Å².